The first-order chi connectivity index (χ1) is 6.33. The van der Waals surface area contributed by atoms with Crippen LogP contribution in [0, 0.1) is 0 Å². The minimum absolute atomic E-state index is 0.165. The quantitative estimate of drug-likeness (QED) is 0.785. The zero-order valence-corrected chi connectivity index (χ0v) is 8.27. The van der Waals surface area contributed by atoms with Gasteiger partial charge in [-0.2, -0.15) is 0 Å². The summed E-state index contributed by atoms with van der Waals surface area (Å²) >= 11 is 6.03. The molecule has 0 aliphatic carbocycles. The maximum atomic E-state index is 6.03. The fraction of sp³-hybridized carbons (Fsp3) is 0.400. The summed E-state index contributed by atoms with van der Waals surface area (Å²) in [5.41, 5.74) is 2.37. The van der Waals surface area contributed by atoms with Gasteiger partial charge in [0.1, 0.15) is 0 Å². The maximum Gasteiger partial charge on any atom is 0.0957 e. The zero-order valence-electron chi connectivity index (χ0n) is 7.51. The van der Waals surface area contributed by atoms with Crippen LogP contribution in [0.3, 0.4) is 0 Å². The Kier molecular flexibility index (Phi) is 2.54. The molecule has 0 aromatic heterocycles. The first-order valence-electron chi connectivity index (χ1n) is 4.36. The van der Waals surface area contributed by atoms with Crippen molar-refractivity contribution in [1.29, 1.82) is 0 Å². The Labute approximate surface area is 82.9 Å². The molecule has 70 valence electrons. The molecule has 1 aliphatic rings. The lowest BCUT2D eigenvalue weighted by molar-refractivity contribution is 0.0675. The number of hydrogen-bond donors (Lipinski definition) is 1. The lowest BCUT2D eigenvalue weighted by atomic mass is 10.1. The molecule has 2 nitrogen and oxygen atoms in total. The molecule has 1 aromatic rings. The number of ether oxygens (including phenoxy) is 1. The Hall–Kier alpha value is -0.570. The number of hydrogen-bond acceptors (Lipinski definition) is 2. The lowest BCUT2D eigenvalue weighted by Gasteiger charge is -2.09. The van der Waals surface area contributed by atoms with Crippen molar-refractivity contribution < 1.29 is 4.74 Å². The molecule has 0 saturated carbocycles. The van der Waals surface area contributed by atoms with Crippen LogP contribution in [0.25, 0.3) is 0 Å². The van der Waals surface area contributed by atoms with Gasteiger partial charge in [-0.15, -0.1) is 0 Å². The number of halogens is 1. The highest BCUT2D eigenvalue weighted by molar-refractivity contribution is 6.31. The molecular formula is C10H12ClNO. The molecule has 0 spiro atoms. The van der Waals surface area contributed by atoms with Crippen molar-refractivity contribution in [3.05, 3.63) is 34.3 Å². The van der Waals surface area contributed by atoms with Gasteiger partial charge in [0.2, 0.25) is 0 Å². The number of likely N-dealkylation sites (N-methyl/N-ethyl adjacent to an activating group) is 1. The van der Waals surface area contributed by atoms with Gasteiger partial charge in [0, 0.05) is 17.1 Å². The smallest absolute Gasteiger partial charge is 0.0957 e. The van der Waals surface area contributed by atoms with Gasteiger partial charge in [-0.1, -0.05) is 23.7 Å². The summed E-state index contributed by atoms with van der Waals surface area (Å²) in [6.07, 6.45) is 0.165. The van der Waals surface area contributed by atoms with E-state index in [1.807, 2.05) is 19.2 Å². The summed E-state index contributed by atoms with van der Waals surface area (Å²) in [5.74, 6) is 0. The second-order valence-electron chi connectivity index (χ2n) is 3.16. The van der Waals surface area contributed by atoms with Crippen LogP contribution in [0.1, 0.15) is 17.2 Å². The minimum atomic E-state index is 0.165. The van der Waals surface area contributed by atoms with Crippen molar-refractivity contribution in [2.75, 3.05) is 13.6 Å². The molecule has 1 atom stereocenters. The van der Waals surface area contributed by atoms with Crippen LogP contribution in [-0.4, -0.2) is 13.6 Å². The first-order valence-corrected chi connectivity index (χ1v) is 4.74. The van der Waals surface area contributed by atoms with Gasteiger partial charge in [-0.05, 0) is 18.7 Å². The predicted molar refractivity (Wildman–Crippen MR) is 52.9 cm³/mol. The molecule has 0 amide bonds. The number of nitrogens with one attached hydrogen (secondary N) is 1. The largest absolute Gasteiger partial charge is 0.367 e. The van der Waals surface area contributed by atoms with Crippen LogP contribution in [0.5, 0.6) is 0 Å². The highest BCUT2D eigenvalue weighted by Gasteiger charge is 2.23. The van der Waals surface area contributed by atoms with Crippen molar-refractivity contribution in [3.8, 4) is 0 Å². The Morgan fingerprint density at radius 1 is 1.62 bits per heavy atom. The van der Waals surface area contributed by atoms with Crippen molar-refractivity contribution in [2.24, 2.45) is 0 Å². The fourth-order valence-electron chi connectivity index (χ4n) is 1.66. The van der Waals surface area contributed by atoms with Gasteiger partial charge in [0.25, 0.3) is 0 Å². The van der Waals surface area contributed by atoms with Crippen LogP contribution in [0.4, 0.5) is 0 Å². The molecule has 0 radical (unpaired) electrons. The van der Waals surface area contributed by atoms with E-state index in [0.29, 0.717) is 6.61 Å². The third kappa shape index (κ3) is 1.57. The van der Waals surface area contributed by atoms with Gasteiger partial charge in [0.05, 0.1) is 12.7 Å². The Bertz CT molecular complexity index is 314. The molecule has 1 aliphatic heterocycles. The van der Waals surface area contributed by atoms with E-state index < -0.39 is 0 Å². The number of fused-ring (bicyclic) bond motifs is 1. The number of rotatable bonds is 2. The molecule has 0 unspecified atom stereocenters. The van der Waals surface area contributed by atoms with Crippen LogP contribution in [0.2, 0.25) is 5.02 Å². The van der Waals surface area contributed by atoms with E-state index in [0.717, 1.165) is 17.1 Å². The van der Waals surface area contributed by atoms with Crippen LogP contribution < -0.4 is 5.32 Å². The van der Waals surface area contributed by atoms with Crippen LogP contribution in [-0.2, 0) is 11.3 Å². The molecule has 13 heavy (non-hydrogen) atoms. The molecule has 0 bridgehead atoms. The summed E-state index contributed by atoms with van der Waals surface area (Å²) in [7, 11) is 1.92. The molecule has 1 aromatic carbocycles. The summed E-state index contributed by atoms with van der Waals surface area (Å²) < 4.78 is 5.60. The molecule has 1 heterocycles. The fourth-order valence-corrected chi connectivity index (χ4v) is 1.89. The van der Waals surface area contributed by atoms with E-state index in [2.05, 4.69) is 11.4 Å². The second-order valence-corrected chi connectivity index (χ2v) is 3.57. The predicted octanol–water partition coefficient (Wildman–Crippen LogP) is 2.13. The summed E-state index contributed by atoms with van der Waals surface area (Å²) in [6, 6.07) is 5.96. The van der Waals surface area contributed by atoms with Crippen LogP contribution in [0.15, 0.2) is 18.2 Å². The van der Waals surface area contributed by atoms with E-state index >= 15 is 0 Å². The maximum absolute atomic E-state index is 6.03. The van der Waals surface area contributed by atoms with Gasteiger partial charge in [0.15, 0.2) is 0 Å². The van der Waals surface area contributed by atoms with Crippen molar-refractivity contribution in [3.63, 3.8) is 0 Å². The van der Waals surface area contributed by atoms with Gasteiger partial charge in [-0.3, -0.25) is 0 Å². The Balaban J connectivity index is 2.32. The molecule has 0 fully saturated rings. The topological polar surface area (TPSA) is 21.3 Å². The zero-order chi connectivity index (χ0) is 9.26. The third-order valence-electron chi connectivity index (χ3n) is 2.32. The normalized spacial score (nSPS) is 20.3. The minimum Gasteiger partial charge on any atom is -0.367 e. The summed E-state index contributed by atoms with van der Waals surface area (Å²) in [6.45, 7) is 1.48. The molecule has 2 rings (SSSR count). The first kappa shape index (κ1) is 9.00. The van der Waals surface area contributed by atoms with E-state index in [1.165, 1.54) is 5.56 Å². The van der Waals surface area contributed by atoms with E-state index in [-0.39, 0.29) is 6.10 Å². The summed E-state index contributed by atoms with van der Waals surface area (Å²) in [5, 5.41) is 3.92. The molecule has 1 N–H and O–H groups in total. The van der Waals surface area contributed by atoms with Gasteiger partial charge < -0.3 is 10.1 Å². The van der Waals surface area contributed by atoms with Crippen molar-refractivity contribution in [2.45, 2.75) is 12.7 Å². The highest BCUT2D eigenvalue weighted by atomic mass is 35.5. The number of benzene rings is 1. The Morgan fingerprint density at radius 3 is 3.23 bits per heavy atom. The van der Waals surface area contributed by atoms with Crippen molar-refractivity contribution >= 4 is 11.6 Å². The highest BCUT2D eigenvalue weighted by Crippen LogP contribution is 2.34. The second kappa shape index (κ2) is 3.66. The van der Waals surface area contributed by atoms with Gasteiger partial charge >= 0.3 is 0 Å². The lowest BCUT2D eigenvalue weighted by Crippen LogP contribution is -2.16. The average molecular weight is 198 g/mol. The molecular weight excluding hydrogens is 186 g/mol. The van der Waals surface area contributed by atoms with Crippen molar-refractivity contribution in [1.82, 2.24) is 5.32 Å². The monoisotopic (exact) mass is 197 g/mol. The average Bonchev–Trinajstić information content (AvgIpc) is 2.51. The van der Waals surface area contributed by atoms with E-state index in [1.54, 1.807) is 0 Å². The standard InChI is InChI=1S/C10H12ClNO/c1-12-5-10-7-3-2-4-9(11)8(7)6-13-10/h2-4,10,12H,5-6H2,1H3/t10-/m1/s1. The third-order valence-corrected chi connectivity index (χ3v) is 2.67. The SMILES string of the molecule is CNC[C@H]1OCc2c(Cl)cccc21. The summed E-state index contributed by atoms with van der Waals surface area (Å²) in [4.78, 5) is 0. The van der Waals surface area contributed by atoms with Crippen LogP contribution >= 0.6 is 11.6 Å². The van der Waals surface area contributed by atoms with E-state index in [9.17, 15) is 0 Å². The Morgan fingerprint density at radius 2 is 2.46 bits per heavy atom. The molecule has 3 heteroatoms. The molecule has 0 saturated heterocycles. The van der Waals surface area contributed by atoms with E-state index in [4.69, 9.17) is 16.3 Å². The van der Waals surface area contributed by atoms with Gasteiger partial charge in [-0.25, -0.2) is 0 Å².